The lowest BCUT2D eigenvalue weighted by Crippen LogP contribution is -2.48. The smallest absolute Gasteiger partial charge is 0.326 e. The molecular weight excluding hydrogens is 266 g/mol. The third-order valence-corrected chi connectivity index (χ3v) is 4.17. The summed E-state index contributed by atoms with van der Waals surface area (Å²) in [5, 5.41) is 9.21. The van der Waals surface area contributed by atoms with E-state index in [-0.39, 0.29) is 5.91 Å². The molecule has 1 aliphatic rings. The molecule has 1 amide bonds. The van der Waals surface area contributed by atoms with Crippen molar-refractivity contribution in [2.45, 2.75) is 51.5 Å². The van der Waals surface area contributed by atoms with E-state index < -0.39 is 12.0 Å². The van der Waals surface area contributed by atoms with Crippen molar-refractivity contribution in [2.24, 2.45) is 0 Å². The number of rotatable bonds is 5. The maximum atomic E-state index is 12.3. The van der Waals surface area contributed by atoms with Gasteiger partial charge in [-0.05, 0) is 43.2 Å². The van der Waals surface area contributed by atoms with Gasteiger partial charge in [-0.1, -0.05) is 31.2 Å². The highest BCUT2D eigenvalue weighted by atomic mass is 16.4. The first-order valence-corrected chi connectivity index (χ1v) is 7.72. The van der Waals surface area contributed by atoms with E-state index in [9.17, 15) is 14.7 Å². The van der Waals surface area contributed by atoms with Gasteiger partial charge in [-0.3, -0.25) is 4.79 Å². The number of aliphatic carboxylic acids is 1. The standard InChI is InChI=1S/C17H23NO3/c1-2-13-6-8-14(9-7-13)10-11-16(19)18-12-4-3-5-15(18)17(20)21/h6-9,15H,2-5,10-12H2,1H3,(H,20,21). The Labute approximate surface area is 125 Å². The normalized spacial score (nSPS) is 18.5. The molecule has 1 saturated heterocycles. The monoisotopic (exact) mass is 289 g/mol. The van der Waals surface area contributed by atoms with Crippen LogP contribution >= 0.6 is 0 Å². The van der Waals surface area contributed by atoms with E-state index in [1.807, 2.05) is 0 Å². The van der Waals surface area contributed by atoms with E-state index in [4.69, 9.17) is 0 Å². The Hall–Kier alpha value is -1.84. The van der Waals surface area contributed by atoms with E-state index >= 15 is 0 Å². The molecule has 2 rings (SSSR count). The number of likely N-dealkylation sites (tertiary alicyclic amines) is 1. The lowest BCUT2D eigenvalue weighted by Gasteiger charge is -2.33. The zero-order valence-electron chi connectivity index (χ0n) is 12.5. The lowest BCUT2D eigenvalue weighted by molar-refractivity contribution is -0.152. The van der Waals surface area contributed by atoms with Crippen molar-refractivity contribution in [2.75, 3.05) is 6.54 Å². The Morgan fingerprint density at radius 3 is 2.48 bits per heavy atom. The first kappa shape index (κ1) is 15.5. The number of hydrogen-bond acceptors (Lipinski definition) is 2. The van der Waals surface area contributed by atoms with Gasteiger partial charge < -0.3 is 10.0 Å². The number of aryl methyl sites for hydroxylation is 2. The van der Waals surface area contributed by atoms with Crippen LogP contribution in [0.4, 0.5) is 0 Å². The maximum absolute atomic E-state index is 12.3. The molecule has 0 spiro atoms. The predicted molar refractivity (Wildman–Crippen MR) is 81.1 cm³/mol. The van der Waals surface area contributed by atoms with Crippen LogP contribution in [-0.4, -0.2) is 34.5 Å². The molecule has 4 nitrogen and oxygen atoms in total. The Morgan fingerprint density at radius 1 is 1.19 bits per heavy atom. The molecule has 1 fully saturated rings. The fourth-order valence-corrected chi connectivity index (χ4v) is 2.82. The number of amides is 1. The van der Waals surface area contributed by atoms with Crippen LogP contribution in [0.5, 0.6) is 0 Å². The van der Waals surface area contributed by atoms with Crippen LogP contribution in [0.25, 0.3) is 0 Å². The summed E-state index contributed by atoms with van der Waals surface area (Å²) >= 11 is 0. The van der Waals surface area contributed by atoms with Crippen molar-refractivity contribution in [3.05, 3.63) is 35.4 Å². The molecule has 0 aromatic heterocycles. The predicted octanol–water partition coefficient (Wildman–Crippen LogP) is 2.65. The van der Waals surface area contributed by atoms with Gasteiger partial charge in [0.25, 0.3) is 0 Å². The van der Waals surface area contributed by atoms with Crippen LogP contribution in [0.3, 0.4) is 0 Å². The summed E-state index contributed by atoms with van der Waals surface area (Å²) in [7, 11) is 0. The number of benzene rings is 1. The zero-order chi connectivity index (χ0) is 15.2. The Bertz CT molecular complexity index is 495. The fraction of sp³-hybridized carbons (Fsp3) is 0.529. The molecule has 21 heavy (non-hydrogen) atoms. The first-order chi connectivity index (χ1) is 10.1. The fourth-order valence-electron chi connectivity index (χ4n) is 2.82. The minimum Gasteiger partial charge on any atom is -0.480 e. The van der Waals surface area contributed by atoms with Crippen molar-refractivity contribution < 1.29 is 14.7 Å². The van der Waals surface area contributed by atoms with Gasteiger partial charge in [0.1, 0.15) is 6.04 Å². The van der Waals surface area contributed by atoms with E-state index in [1.54, 1.807) is 4.90 Å². The van der Waals surface area contributed by atoms with Crippen molar-refractivity contribution >= 4 is 11.9 Å². The largest absolute Gasteiger partial charge is 0.480 e. The molecule has 1 aliphatic heterocycles. The average Bonchev–Trinajstić information content (AvgIpc) is 2.53. The zero-order valence-corrected chi connectivity index (χ0v) is 12.5. The van der Waals surface area contributed by atoms with Gasteiger partial charge >= 0.3 is 5.97 Å². The van der Waals surface area contributed by atoms with Gasteiger partial charge in [0, 0.05) is 13.0 Å². The highest BCUT2D eigenvalue weighted by molar-refractivity contribution is 5.84. The molecule has 0 bridgehead atoms. The molecule has 1 aromatic carbocycles. The van der Waals surface area contributed by atoms with Crippen LogP contribution in [0.15, 0.2) is 24.3 Å². The van der Waals surface area contributed by atoms with E-state index in [0.717, 1.165) is 24.8 Å². The summed E-state index contributed by atoms with van der Waals surface area (Å²) in [4.78, 5) is 25.0. The van der Waals surface area contributed by atoms with E-state index in [1.165, 1.54) is 5.56 Å². The molecule has 1 N–H and O–H groups in total. The second-order valence-corrected chi connectivity index (χ2v) is 5.61. The lowest BCUT2D eigenvalue weighted by atomic mass is 10.0. The SMILES string of the molecule is CCc1ccc(CCC(=O)N2CCCCC2C(=O)O)cc1. The quantitative estimate of drug-likeness (QED) is 0.906. The maximum Gasteiger partial charge on any atom is 0.326 e. The number of carboxylic acids is 1. The highest BCUT2D eigenvalue weighted by Crippen LogP contribution is 2.19. The van der Waals surface area contributed by atoms with Crippen molar-refractivity contribution in [3.8, 4) is 0 Å². The summed E-state index contributed by atoms with van der Waals surface area (Å²) in [5.41, 5.74) is 2.41. The highest BCUT2D eigenvalue weighted by Gasteiger charge is 2.31. The van der Waals surface area contributed by atoms with Crippen molar-refractivity contribution in [1.29, 1.82) is 0 Å². The molecule has 1 unspecified atom stereocenters. The molecule has 114 valence electrons. The number of hydrogen-bond donors (Lipinski definition) is 1. The summed E-state index contributed by atoms with van der Waals surface area (Å²) < 4.78 is 0. The summed E-state index contributed by atoms with van der Waals surface area (Å²) in [6.07, 6.45) is 4.43. The van der Waals surface area contributed by atoms with Gasteiger partial charge in [0.05, 0.1) is 0 Å². The Morgan fingerprint density at radius 2 is 1.86 bits per heavy atom. The van der Waals surface area contributed by atoms with Gasteiger partial charge in [-0.15, -0.1) is 0 Å². The van der Waals surface area contributed by atoms with Crippen LogP contribution in [0.1, 0.15) is 43.7 Å². The topological polar surface area (TPSA) is 57.6 Å². The molecule has 1 heterocycles. The number of nitrogens with zero attached hydrogens (tertiary/aromatic N) is 1. The Balaban J connectivity index is 1.91. The number of piperidine rings is 1. The van der Waals surface area contributed by atoms with Gasteiger partial charge in [0.2, 0.25) is 5.91 Å². The number of carboxylic acid groups (broad SMARTS) is 1. The molecule has 4 heteroatoms. The second-order valence-electron chi connectivity index (χ2n) is 5.61. The molecule has 0 radical (unpaired) electrons. The van der Waals surface area contributed by atoms with E-state index in [0.29, 0.717) is 25.8 Å². The van der Waals surface area contributed by atoms with E-state index in [2.05, 4.69) is 31.2 Å². The second kappa shape index (κ2) is 7.25. The number of carbonyl (C=O) groups is 2. The van der Waals surface area contributed by atoms with Gasteiger partial charge in [-0.2, -0.15) is 0 Å². The molecule has 0 saturated carbocycles. The van der Waals surface area contributed by atoms with Gasteiger partial charge in [-0.25, -0.2) is 4.79 Å². The van der Waals surface area contributed by atoms with Gasteiger partial charge in [0.15, 0.2) is 0 Å². The van der Waals surface area contributed by atoms with Crippen LogP contribution in [-0.2, 0) is 22.4 Å². The summed E-state index contributed by atoms with van der Waals surface area (Å²) in [6.45, 7) is 2.69. The molecule has 0 aliphatic carbocycles. The first-order valence-electron chi connectivity index (χ1n) is 7.72. The van der Waals surface area contributed by atoms with Crippen LogP contribution in [0.2, 0.25) is 0 Å². The minimum atomic E-state index is -0.879. The van der Waals surface area contributed by atoms with Crippen LogP contribution in [0, 0.1) is 0 Å². The Kier molecular flexibility index (Phi) is 5.37. The minimum absolute atomic E-state index is 0.0401. The third kappa shape index (κ3) is 4.06. The van der Waals surface area contributed by atoms with Crippen molar-refractivity contribution in [1.82, 2.24) is 4.90 Å². The number of carbonyl (C=O) groups excluding carboxylic acids is 1. The average molecular weight is 289 g/mol. The van der Waals surface area contributed by atoms with Crippen LogP contribution < -0.4 is 0 Å². The molecular formula is C17H23NO3. The van der Waals surface area contributed by atoms with Crippen molar-refractivity contribution in [3.63, 3.8) is 0 Å². The molecule has 1 atom stereocenters. The summed E-state index contributed by atoms with van der Waals surface area (Å²) in [6, 6.07) is 7.64. The molecule has 1 aromatic rings. The summed E-state index contributed by atoms with van der Waals surface area (Å²) in [5.74, 6) is -0.919. The third-order valence-electron chi connectivity index (χ3n) is 4.17.